The molecule has 0 amide bonds. The molecule has 0 aromatic carbocycles. The van der Waals surface area contributed by atoms with Crippen molar-refractivity contribution in [3.8, 4) is 0 Å². The molecule has 0 atom stereocenters. The molecular weight excluding hydrogens is 397 g/mol. The zero-order valence-corrected chi connectivity index (χ0v) is 19.0. The third kappa shape index (κ3) is 9.45. The van der Waals surface area contributed by atoms with E-state index in [1.807, 2.05) is 0 Å². The average Bonchev–Trinajstić information content (AvgIpc) is 2.57. The van der Waals surface area contributed by atoms with Crippen LogP contribution in [0.2, 0.25) is 13.3 Å². The van der Waals surface area contributed by atoms with Gasteiger partial charge in [-0.05, 0) is 0 Å². The summed E-state index contributed by atoms with van der Waals surface area (Å²) in [5.41, 5.74) is 0. The van der Waals surface area contributed by atoms with Crippen molar-refractivity contribution in [3.63, 3.8) is 0 Å². The van der Waals surface area contributed by atoms with E-state index in [-0.39, 0.29) is 9.67 Å². The molecule has 0 saturated carbocycles. The van der Waals surface area contributed by atoms with Crippen molar-refractivity contribution in [3.05, 3.63) is 9.67 Å². The number of allylic oxidation sites excluding steroid dienone is 1. The summed E-state index contributed by atoms with van der Waals surface area (Å²) in [6, 6.07) is 0. The van der Waals surface area contributed by atoms with Gasteiger partial charge in [0, 0.05) is 0 Å². The predicted molar refractivity (Wildman–Crippen MR) is 103 cm³/mol. The Morgan fingerprint density at radius 2 is 1.04 bits per heavy atom. The van der Waals surface area contributed by atoms with Gasteiger partial charge in [-0.2, -0.15) is 0 Å². The fraction of sp³-hybridized carbons (Fsp3) is 0.900. The molecule has 0 aliphatic carbocycles. The number of rotatable bonds is 15. The minimum absolute atomic E-state index is 0.189. The Morgan fingerprint density at radius 3 is 1.43 bits per heavy atom. The van der Waals surface area contributed by atoms with Crippen LogP contribution >= 0.6 is 0 Å². The number of hydrogen-bond donors (Lipinski definition) is 0. The number of unbranched alkanes of at least 4 members (excludes halogenated alkanes) is 6. The summed E-state index contributed by atoms with van der Waals surface area (Å²) < 4.78 is 32.6. The molecule has 0 nitrogen and oxygen atoms in total. The Hall–Kier alpha value is 0.399. The van der Waals surface area contributed by atoms with Gasteiger partial charge >= 0.3 is 148 Å². The summed E-state index contributed by atoms with van der Waals surface area (Å²) in [7, 11) is 0. The summed E-state index contributed by atoms with van der Waals surface area (Å²) in [5, 5.41) is 0. The summed E-state index contributed by atoms with van der Waals surface area (Å²) in [5.74, 6) is -0.361. The Morgan fingerprint density at radius 1 is 0.609 bits per heavy atom. The van der Waals surface area contributed by atoms with E-state index < -0.39 is 18.4 Å². The van der Waals surface area contributed by atoms with Gasteiger partial charge in [-0.15, -0.1) is 0 Å². The predicted octanol–water partition coefficient (Wildman–Crippen LogP) is 8.50. The summed E-state index contributed by atoms with van der Waals surface area (Å²) in [4.78, 5) is 0. The van der Waals surface area contributed by atoms with Crippen molar-refractivity contribution in [2.24, 2.45) is 0 Å². The molecule has 0 N–H and O–H groups in total. The van der Waals surface area contributed by atoms with Crippen molar-refractivity contribution in [2.45, 2.75) is 112 Å². The molecule has 0 aliphatic heterocycles. The molecule has 23 heavy (non-hydrogen) atoms. The summed E-state index contributed by atoms with van der Waals surface area (Å²) in [6.45, 7) is 8.64. The van der Waals surface area contributed by atoms with Crippen LogP contribution in [0.4, 0.5) is 8.78 Å². The van der Waals surface area contributed by atoms with E-state index in [0.29, 0.717) is 6.42 Å². The Bertz CT molecular complexity index is 291. The van der Waals surface area contributed by atoms with Crippen LogP contribution in [0.15, 0.2) is 9.67 Å². The van der Waals surface area contributed by atoms with Crippen LogP contribution in [0, 0.1) is 0 Å². The molecule has 0 aromatic rings. The van der Waals surface area contributed by atoms with Crippen LogP contribution in [0.5, 0.6) is 0 Å². The Labute approximate surface area is 148 Å². The third-order valence-corrected chi connectivity index (χ3v) is 19.6. The molecule has 0 spiro atoms. The van der Waals surface area contributed by atoms with E-state index in [1.165, 1.54) is 0 Å². The molecule has 0 heterocycles. The monoisotopic (exact) mass is 438 g/mol. The van der Waals surface area contributed by atoms with Crippen molar-refractivity contribution in [1.29, 1.82) is 0 Å². The van der Waals surface area contributed by atoms with Crippen LogP contribution in [-0.2, 0) is 0 Å². The first kappa shape index (κ1) is 23.4. The molecule has 3 heteroatoms. The van der Waals surface area contributed by atoms with Gasteiger partial charge in [0.15, 0.2) is 0 Å². The zero-order valence-electron chi connectivity index (χ0n) is 16.2. The Balaban J connectivity index is 5.13. The summed E-state index contributed by atoms with van der Waals surface area (Å²) in [6.07, 6.45) is 11.0. The minimum atomic E-state index is -3.14. The second kappa shape index (κ2) is 14.7. The molecule has 0 rings (SSSR count). The first-order valence-electron chi connectivity index (χ1n) is 10.1. The van der Waals surface area contributed by atoms with Crippen molar-refractivity contribution < 1.29 is 8.78 Å². The van der Waals surface area contributed by atoms with Crippen molar-refractivity contribution in [2.75, 3.05) is 0 Å². The molecule has 138 valence electrons. The first-order valence-corrected chi connectivity index (χ1v) is 17.6. The molecule has 0 radical (unpaired) electrons. The van der Waals surface area contributed by atoms with Gasteiger partial charge < -0.3 is 0 Å². The van der Waals surface area contributed by atoms with Crippen molar-refractivity contribution >= 4 is 18.4 Å². The zero-order chi connectivity index (χ0) is 17.6. The number of hydrogen-bond acceptors (Lipinski definition) is 0. The fourth-order valence-corrected chi connectivity index (χ4v) is 18.2. The molecule has 0 fully saturated rings. The SMILES string of the molecule is CCCCCC/C(F)=[C](/F)[Sn]([CH2]CCC)([CH2]CCC)[CH2]CCC. The molecule has 0 bridgehead atoms. The van der Waals surface area contributed by atoms with Crippen LogP contribution in [-0.4, -0.2) is 18.4 Å². The standard InChI is InChI=1S/C8H13F2.3C4H9.Sn/c1-2-3-4-5-6-8(10)7-9;3*1-3-4-2;/h2-6H2,1H3;3*1,3-4H2,2H3;. The number of halogens is 2. The summed E-state index contributed by atoms with van der Waals surface area (Å²) >= 11 is -3.14. The third-order valence-electron chi connectivity index (χ3n) is 4.98. The maximum absolute atomic E-state index is 15.2. The quantitative estimate of drug-likeness (QED) is 0.178. The molecule has 0 aromatic heterocycles. The van der Waals surface area contributed by atoms with Gasteiger partial charge in [-0.1, -0.05) is 0 Å². The van der Waals surface area contributed by atoms with E-state index in [4.69, 9.17) is 0 Å². The molecule has 0 aliphatic rings. The van der Waals surface area contributed by atoms with Gasteiger partial charge in [0.1, 0.15) is 0 Å². The van der Waals surface area contributed by atoms with E-state index in [9.17, 15) is 4.39 Å². The normalized spacial score (nSPS) is 13.3. The van der Waals surface area contributed by atoms with Gasteiger partial charge in [0.25, 0.3) is 0 Å². The fourth-order valence-electron chi connectivity index (χ4n) is 3.35. The van der Waals surface area contributed by atoms with E-state index in [0.717, 1.165) is 77.5 Å². The molecule has 0 saturated heterocycles. The van der Waals surface area contributed by atoms with E-state index >= 15 is 4.39 Å². The van der Waals surface area contributed by atoms with Crippen LogP contribution in [0.25, 0.3) is 0 Å². The van der Waals surface area contributed by atoms with Gasteiger partial charge in [0.2, 0.25) is 0 Å². The van der Waals surface area contributed by atoms with Crippen molar-refractivity contribution in [1.82, 2.24) is 0 Å². The maximum atomic E-state index is 15.2. The molecule has 0 unspecified atom stereocenters. The van der Waals surface area contributed by atoms with E-state index in [2.05, 4.69) is 27.7 Å². The van der Waals surface area contributed by atoms with Gasteiger partial charge in [-0.3, -0.25) is 0 Å². The van der Waals surface area contributed by atoms with Crippen LogP contribution in [0.1, 0.15) is 98.3 Å². The van der Waals surface area contributed by atoms with Crippen LogP contribution in [0.3, 0.4) is 0 Å². The van der Waals surface area contributed by atoms with Crippen LogP contribution < -0.4 is 0 Å². The Kier molecular flexibility index (Phi) is 15.0. The second-order valence-corrected chi connectivity index (χ2v) is 20.0. The van der Waals surface area contributed by atoms with E-state index in [1.54, 1.807) is 0 Å². The van der Waals surface area contributed by atoms with Gasteiger partial charge in [0.05, 0.1) is 0 Å². The second-order valence-electron chi connectivity index (χ2n) is 7.12. The first-order chi connectivity index (χ1) is 11.1. The topological polar surface area (TPSA) is 0 Å². The van der Waals surface area contributed by atoms with Gasteiger partial charge in [-0.25, -0.2) is 0 Å². The average molecular weight is 437 g/mol. The molecular formula is C20H40F2Sn.